The molecule has 1 heterocycles. The second-order valence-corrected chi connectivity index (χ2v) is 8.58. The first-order valence-electron chi connectivity index (χ1n) is 8.36. The van der Waals surface area contributed by atoms with Crippen molar-refractivity contribution < 1.29 is 33.6 Å². The quantitative estimate of drug-likeness (QED) is 0.371. The Morgan fingerprint density at radius 3 is 2.21 bits per heavy atom. The van der Waals surface area contributed by atoms with E-state index in [-0.39, 0.29) is 21.5 Å². The minimum atomic E-state index is -3.74. The van der Waals surface area contributed by atoms with Gasteiger partial charge in [-0.2, -0.15) is 0 Å². The van der Waals surface area contributed by atoms with Gasteiger partial charge in [-0.25, -0.2) is 8.42 Å². The predicted octanol–water partition coefficient (Wildman–Crippen LogP) is 2.71. The average Bonchev–Trinajstić information content (AvgIpc) is 2.98. The van der Waals surface area contributed by atoms with Crippen LogP contribution in [0.4, 0.5) is 0 Å². The number of hydrogen-bond donors (Lipinski definition) is 4. The Morgan fingerprint density at radius 2 is 1.52 bits per heavy atom. The van der Waals surface area contributed by atoms with Gasteiger partial charge in [-0.15, -0.1) is 0 Å². The lowest BCUT2D eigenvalue weighted by atomic mass is 10.1. The van der Waals surface area contributed by atoms with Crippen molar-refractivity contribution in [1.29, 1.82) is 0 Å². The summed E-state index contributed by atoms with van der Waals surface area (Å²) in [4.78, 5) is 13.2. The van der Waals surface area contributed by atoms with Crippen molar-refractivity contribution in [2.45, 2.75) is 4.90 Å². The zero-order chi connectivity index (χ0) is 21.1. The minimum absolute atomic E-state index is 0.0849. The van der Waals surface area contributed by atoms with Gasteiger partial charge in [-0.05, 0) is 30.3 Å². The number of benzene rings is 3. The average molecular weight is 413 g/mol. The van der Waals surface area contributed by atoms with Crippen LogP contribution >= 0.6 is 0 Å². The van der Waals surface area contributed by atoms with Crippen LogP contribution in [0.2, 0.25) is 0 Å². The first-order chi connectivity index (χ1) is 13.6. The van der Waals surface area contributed by atoms with Crippen molar-refractivity contribution in [1.82, 2.24) is 4.57 Å². The van der Waals surface area contributed by atoms with E-state index in [9.17, 15) is 33.6 Å². The Kier molecular flexibility index (Phi) is 3.95. The number of phenols is 4. The molecule has 4 N–H and O–H groups in total. The van der Waals surface area contributed by atoms with Crippen molar-refractivity contribution in [3.8, 4) is 23.0 Å². The fourth-order valence-corrected chi connectivity index (χ4v) is 4.28. The third-order valence-electron chi connectivity index (χ3n) is 4.70. The summed E-state index contributed by atoms with van der Waals surface area (Å²) in [5.41, 5.74) is -0.119. The van der Waals surface area contributed by atoms with Crippen LogP contribution in [0.1, 0.15) is 10.4 Å². The Morgan fingerprint density at radius 1 is 0.862 bits per heavy atom. The molecule has 0 aliphatic heterocycles. The molecular formula is C20H15NO7S. The van der Waals surface area contributed by atoms with Crippen molar-refractivity contribution in [2.24, 2.45) is 0 Å². The molecule has 0 aliphatic rings. The smallest absolute Gasteiger partial charge is 0.264 e. The number of carbonyl (C=O) groups is 1. The Balaban J connectivity index is 2.17. The largest absolute Gasteiger partial charge is 0.504 e. The minimum Gasteiger partial charge on any atom is -0.504 e. The second kappa shape index (κ2) is 6.14. The third-order valence-corrected chi connectivity index (χ3v) is 5.85. The molecule has 0 saturated carbocycles. The van der Waals surface area contributed by atoms with E-state index in [2.05, 4.69) is 0 Å². The van der Waals surface area contributed by atoms with Crippen LogP contribution in [-0.4, -0.2) is 45.6 Å². The van der Waals surface area contributed by atoms with E-state index in [1.807, 2.05) is 0 Å². The molecule has 0 saturated heterocycles. The SMILES string of the molecule is CS(=O)(=O)c1ccccc1C(=O)n1c2cc(O)c(O)cc2c2ccc(O)c(O)c21. The molecule has 0 spiro atoms. The van der Waals surface area contributed by atoms with Crippen molar-refractivity contribution in [3.63, 3.8) is 0 Å². The molecule has 4 rings (SSSR count). The summed E-state index contributed by atoms with van der Waals surface area (Å²) in [5, 5.41) is 40.8. The summed E-state index contributed by atoms with van der Waals surface area (Å²) in [7, 11) is -3.74. The fraction of sp³-hybridized carbons (Fsp3) is 0.0500. The van der Waals surface area contributed by atoms with Crippen molar-refractivity contribution in [2.75, 3.05) is 6.26 Å². The number of carbonyl (C=O) groups excluding carboxylic acids is 1. The Labute approximate surface area is 164 Å². The zero-order valence-electron chi connectivity index (χ0n) is 15.0. The summed E-state index contributed by atoms with van der Waals surface area (Å²) in [6.45, 7) is 0. The van der Waals surface area contributed by atoms with Gasteiger partial charge in [0.15, 0.2) is 32.8 Å². The molecule has 9 heteroatoms. The van der Waals surface area contributed by atoms with Gasteiger partial charge < -0.3 is 20.4 Å². The molecule has 8 nitrogen and oxygen atoms in total. The van der Waals surface area contributed by atoms with Crippen LogP contribution in [0.3, 0.4) is 0 Å². The van der Waals surface area contributed by atoms with Crippen LogP contribution in [0.15, 0.2) is 53.4 Å². The van der Waals surface area contributed by atoms with E-state index >= 15 is 0 Å². The van der Waals surface area contributed by atoms with Crippen LogP contribution in [0.25, 0.3) is 21.8 Å². The van der Waals surface area contributed by atoms with Crippen LogP contribution in [0, 0.1) is 0 Å². The number of rotatable bonds is 2. The molecule has 0 aliphatic carbocycles. The second-order valence-electron chi connectivity index (χ2n) is 6.60. The lowest BCUT2D eigenvalue weighted by molar-refractivity contribution is 0.0965. The van der Waals surface area contributed by atoms with Gasteiger partial charge in [-0.3, -0.25) is 9.36 Å². The highest BCUT2D eigenvalue weighted by molar-refractivity contribution is 7.90. The lowest BCUT2D eigenvalue weighted by Crippen LogP contribution is -2.16. The Hall–Kier alpha value is -3.72. The van der Waals surface area contributed by atoms with E-state index in [1.165, 1.54) is 42.5 Å². The summed E-state index contributed by atoms with van der Waals surface area (Å²) < 4.78 is 25.3. The number of hydrogen-bond acceptors (Lipinski definition) is 7. The number of aromatic hydroxyl groups is 4. The van der Waals surface area contributed by atoms with Crippen LogP contribution in [-0.2, 0) is 9.84 Å². The molecular weight excluding hydrogens is 398 g/mol. The maximum Gasteiger partial charge on any atom is 0.264 e. The van der Waals surface area contributed by atoms with Gasteiger partial charge in [-0.1, -0.05) is 12.1 Å². The van der Waals surface area contributed by atoms with Crippen LogP contribution < -0.4 is 0 Å². The number of nitrogens with zero attached hydrogens (tertiary/aromatic N) is 1. The van der Waals surface area contributed by atoms with E-state index in [0.29, 0.717) is 10.8 Å². The molecule has 3 aromatic carbocycles. The molecule has 29 heavy (non-hydrogen) atoms. The highest BCUT2D eigenvalue weighted by Gasteiger charge is 2.26. The molecule has 0 amide bonds. The summed E-state index contributed by atoms with van der Waals surface area (Å²) in [6, 6.07) is 10.6. The number of aromatic nitrogens is 1. The summed E-state index contributed by atoms with van der Waals surface area (Å²) in [5.74, 6) is -2.82. The topological polar surface area (TPSA) is 137 Å². The maximum absolute atomic E-state index is 13.4. The molecule has 0 atom stereocenters. The van der Waals surface area contributed by atoms with Gasteiger partial charge in [0.05, 0.1) is 16.0 Å². The molecule has 0 radical (unpaired) electrons. The molecule has 0 fully saturated rings. The van der Waals surface area contributed by atoms with E-state index < -0.39 is 38.7 Å². The number of fused-ring (bicyclic) bond motifs is 3. The van der Waals surface area contributed by atoms with Crippen LogP contribution in [0.5, 0.6) is 23.0 Å². The van der Waals surface area contributed by atoms with Gasteiger partial charge in [0, 0.05) is 23.1 Å². The maximum atomic E-state index is 13.4. The Bertz CT molecular complexity index is 1430. The monoisotopic (exact) mass is 413 g/mol. The third kappa shape index (κ3) is 2.74. The molecule has 4 aromatic rings. The van der Waals surface area contributed by atoms with Gasteiger partial charge in [0.25, 0.3) is 5.91 Å². The molecule has 0 bridgehead atoms. The van der Waals surface area contributed by atoms with Gasteiger partial charge in [0.2, 0.25) is 0 Å². The zero-order valence-corrected chi connectivity index (χ0v) is 15.8. The predicted molar refractivity (Wildman–Crippen MR) is 105 cm³/mol. The first kappa shape index (κ1) is 18.6. The fourth-order valence-electron chi connectivity index (χ4n) is 3.40. The molecule has 1 aromatic heterocycles. The molecule has 0 unspecified atom stereocenters. The van der Waals surface area contributed by atoms with Crippen molar-refractivity contribution >= 4 is 37.6 Å². The van der Waals surface area contributed by atoms with Gasteiger partial charge in [0.1, 0.15) is 5.52 Å². The standard InChI is InChI=1S/C20H15NO7S/c1-29(27,28)17-5-3-2-4-11(17)20(26)21-13-9-16(24)15(23)8-12(13)10-6-7-14(22)19(25)18(10)21/h2-9,22-25H,1H3. The number of sulfone groups is 1. The highest BCUT2D eigenvalue weighted by Crippen LogP contribution is 2.42. The number of phenolic OH excluding ortho intramolecular Hbond substituents is 4. The van der Waals surface area contributed by atoms with E-state index in [0.717, 1.165) is 16.9 Å². The normalized spacial score (nSPS) is 11.9. The summed E-state index contributed by atoms with van der Waals surface area (Å²) >= 11 is 0. The lowest BCUT2D eigenvalue weighted by Gasteiger charge is -2.11. The van der Waals surface area contributed by atoms with Crippen molar-refractivity contribution in [3.05, 3.63) is 54.1 Å². The summed E-state index contributed by atoms with van der Waals surface area (Å²) in [6.07, 6.45) is 0.970. The molecule has 148 valence electrons. The van der Waals surface area contributed by atoms with Gasteiger partial charge >= 0.3 is 0 Å². The highest BCUT2D eigenvalue weighted by atomic mass is 32.2. The first-order valence-corrected chi connectivity index (χ1v) is 10.2. The van der Waals surface area contributed by atoms with E-state index in [4.69, 9.17) is 0 Å². The van der Waals surface area contributed by atoms with E-state index in [1.54, 1.807) is 0 Å².